The zero-order valence-electron chi connectivity index (χ0n) is 19.6. The van der Waals surface area contributed by atoms with E-state index in [9.17, 15) is 19.7 Å². The van der Waals surface area contributed by atoms with Gasteiger partial charge >= 0.3 is 16.9 Å². The van der Waals surface area contributed by atoms with Crippen LogP contribution in [0, 0.1) is 10.1 Å². The molecule has 0 spiro atoms. The second-order valence-electron chi connectivity index (χ2n) is 8.27. The molecule has 0 fully saturated rings. The molecule has 2 unspecified atom stereocenters. The smallest absolute Gasteiger partial charge is 0.280 e. The second-order valence-corrected chi connectivity index (χ2v) is 8.27. The van der Waals surface area contributed by atoms with Crippen molar-refractivity contribution >= 4 is 17.8 Å². The summed E-state index contributed by atoms with van der Waals surface area (Å²) >= 11 is 0. The van der Waals surface area contributed by atoms with E-state index in [1.54, 1.807) is 68.3 Å². The standard InChI is InChI=1S/C26H25N5O4/c1-18(21-10-6-4-7-11-21)29-23(15-14-20-16-27-28(3)17-20)24(31(34)35)25(32)30(26(29)33)19(2)22-12-8-5-9-13-22/h4-19H,1-3H3. The van der Waals surface area contributed by atoms with E-state index in [1.165, 1.54) is 10.6 Å². The van der Waals surface area contributed by atoms with Gasteiger partial charge in [0.05, 0.1) is 23.2 Å². The molecule has 0 saturated carbocycles. The maximum Gasteiger partial charge on any atom is 0.357 e. The predicted molar refractivity (Wildman–Crippen MR) is 134 cm³/mol. The van der Waals surface area contributed by atoms with E-state index in [2.05, 4.69) is 5.10 Å². The Labute approximate surface area is 201 Å². The molecule has 0 bridgehead atoms. The Morgan fingerprint density at radius 3 is 1.91 bits per heavy atom. The van der Waals surface area contributed by atoms with Gasteiger partial charge in [0.2, 0.25) is 0 Å². The highest BCUT2D eigenvalue weighted by atomic mass is 16.6. The van der Waals surface area contributed by atoms with E-state index < -0.39 is 33.9 Å². The highest BCUT2D eigenvalue weighted by molar-refractivity contribution is 5.71. The van der Waals surface area contributed by atoms with Gasteiger partial charge in [-0.15, -0.1) is 0 Å². The molecule has 9 nitrogen and oxygen atoms in total. The first-order valence-corrected chi connectivity index (χ1v) is 11.1. The zero-order valence-corrected chi connectivity index (χ0v) is 19.6. The Balaban J connectivity index is 2.04. The summed E-state index contributed by atoms with van der Waals surface area (Å²) in [6.07, 6.45) is 6.36. The lowest BCUT2D eigenvalue weighted by molar-refractivity contribution is -0.387. The molecular formula is C26H25N5O4. The Morgan fingerprint density at radius 1 is 0.886 bits per heavy atom. The Kier molecular flexibility index (Phi) is 6.59. The Bertz CT molecular complexity index is 1500. The number of nitro groups is 1. The normalized spacial score (nSPS) is 13.1. The number of benzene rings is 2. The summed E-state index contributed by atoms with van der Waals surface area (Å²) in [6.45, 7) is 3.47. The van der Waals surface area contributed by atoms with Crippen molar-refractivity contribution in [3.05, 3.63) is 126 Å². The first-order valence-electron chi connectivity index (χ1n) is 11.1. The molecule has 0 radical (unpaired) electrons. The lowest BCUT2D eigenvalue weighted by Crippen LogP contribution is -2.44. The maximum absolute atomic E-state index is 13.9. The summed E-state index contributed by atoms with van der Waals surface area (Å²) in [7, 11) is 1.75. The lowest BCUT2D eigenvalue weighted by Gasteiger charge is -2.22. The van der Waals surface area contributed by atoms with Gasteiger partial charge in [-0.25, -0.2) is 9.36 Å². The quantitative estimate of drug-likeness (QED) is 0.299. The van der Waals surface area contributed by atoms with Crippen LogP contribution in [0.15, 0.2) is 82.6 Å². The highest BCUT2D eigenvalue weighted by Crippen LogP contribution is 2.25. The summed E-state index contributed by atoms with van der Waals surface area (Å²) in [4.78, 5) is 38.8. The van der Waals surface area contributed by atoms with Gasteiger partial charge in [0.1, 0.15) is 5.69 Å². The van der Waals surface area contributed by atoms with Crippen LogP contribution in [0.1, 0.15) is 48.3 Å². The number of aryl methyl sites for hydroxylation is 1. The van der Waals surface area contributed by atoms with Crippen LogP contribution in [0.4, 0.5) is 5.69 Å². The van der Waals surface area contributed by atoms with Crippen LogP contribution in [0.2, 0.25) is 0 Å². The highest BCUT2D eigenvalue weighted by Gasteiger charge is 2.31. The average molecular weight is 472 g/mol. The minimum atomic E-state index is -0.946. The SMILES string of the molecule is CC(c1ccccc1)n1c(C=Cc2cnn(C)c2)c([N+](=O)[O-])c(=O)n(C(C)c2ccccc2)c1=O. The molecule has 4 aromatic rings. The van der Waals surface area contributed by atoms with E-state index in [0.29, 0.717) is 11.1 Å². The largest absolute Gasteiger partial charge is 0.357 e. The number of aromatic nitrogens is 4. The second kappa shape index (κ2) is 9.76. The Morgan fingerprint density at radius 2 is 1.43 bits per heavy atom. The van der Waals surface area contributed by atoms with E-state index in [-0.39, 0.29) is 5.69 Å². The molecule has 35 heavy (non-hydrogen) atoms. The molecule has 2 aromatic carbocycles. The van der Waals surface area contributed by atoms with Crippen molar-refractivity contribution in [2.75, 3.05) is 0 Å². The van der Waals surface area contributed by atoms with E-state index in [1.807, 2.05) is 36.4 Å². The molecule has 0 saturated heterocycles. The molecule has 0 amide bonds. The third-order valence-corrected chi connectivity index (χ3v) is 6.02. The average Bonchev–Trinajstić information content (AvgIpc) is 3.28. The number of hydrogen-bond acceptors (Lipinski definition) is 5. The monoisotopic (exact) mass is 471 g/mol. The number of hydrogen-bond donors (Lipinski definition) is 0. The molecule has 0 aliphatic rings. The van der Waals surface area contributed by atoms with Crippen molar-refractivity contribution in [1.82, 2.24) is 18.9 Å². The van der Waals surface area contributed by atoms with Gasteiger partial charge in [-0.05, 0) is 37.1 Å². The zero-order chi connectivity index (χ0) is 25.1. The fourth-order valence-electron chi connectivity index (χ4n) is 4.15. The predicted octanol–water partition coefficient (Wildman–Crippen LogP) is 4.04. The lowest BCUT2D eigenvalue weighted by atomic mass is 10.1. The minimum absolute atomic E-state index is 0.0679. The van der Waals surface area contributed by atoms with Crippen molar-refractivity contribution in [3.8, 4) is 0 Å². The fourth-order valence-corrected chi connectivity index (χ4v) is 4.15. The van der Waals surface area contributed by atoms with E-state index >= 15 is 0 Å². The number of nitrogens with zero attached hydrogens (tertiary/aromatic N) is 5. The molecule has 178 valence electrons. The maximum atomic E-state index is 13.9. The van der Waals surface area contributed by atoms with Crippen molar-refractivity contribution in [3.63, 3.8) is 0 Å². The van der Waals surface area contributed by atoms with Crippen molar-refractivity contribution in [2.24, 2.45) is 7.05 Å². The summed E-state index contributed by atoms with van der Waals surface area (Å²) in [5.74, 6) is 0. The molecule has 9 heteroatoms. The minimum Gasteiger partial charge on any atom is -0.280 e. The van der Waals surface area contributed by atoms with Gasteiger partial charge < -0.3 is 0 Å². The molecule has 0 aliphatic carbocycles. The first kappa shape index (κ1) is 23.6. The third kappa shape index (κ3) is 4.61. The summed E-state index contributed by atoms with van der Waals surface area (Å²) in [5, 5.41) is 16.3. The molecule has 0 aliphatic heterocycles. The van der Waals surface area contributed by atoms with Crippen molar-refractivity contribution in [2.45, 2.75) is 25.9 Å². The van der Waals surface area contributed by atoms with Crippen LogP contribution in [0.25, 0.3) is 12.2 Å². The van der Waals surface area contributed by atoms with Crippen LogP contribution < -0.4 is 11.2 Å². The molecule has 2 aromatic heterocycles. The summed E-state index contributed by atoms with van der Waals surface area (Å²) in [5.41, 5.74) is -0.152. The molecule has 4 rings (SSSR count). The van der Waals surface area contributed by atoms with E-state index in [4.69, 9.17) is 0 Å². The van der Waals surface area contributed by atoms with Crippen LogP contribution in [-0.2, 0) is 7.05 Å². The van der Waals surface area contributed by atoms with Gasteiger partial charge in [-0.1, -0.05) is 60.7 Å². The van der Waals surface area contributed by atoms with Crippen LogP contribution in [-0.4, -0.2) is 23.8 Å². The topological polar surface area (TPSA) is 105 Å². The van der Waals surface area contributed by atoms with Gasteiger partial charge in [0.15, 0.2) is 0 Å². The van der Waals surface area contributed by atoms with Gasteiger partial charge in [-0.2, -0.15) is 5.10 Å². The summed E-state index contributed by atoms with van der Waals surface area (Å²) < 4.78 is 3.88. The molecular weight excluding hydrogens is 446 g/mol. The van der Waals surface area contributed by atoms with Crippen LogP contribution >= 0.6 is 0 Å². The van der Waals surface area contributed by atoms with Crippen molar-refractivity contribution in [1.29, 1.82) is 0 Å². The molecule has 2 heterocycles. The van der Waals surface area contributed by atoms with Crippen molar-refractivity contribution < 1.29 is 4.92 Å². The Hall–Kier alpha value is -4.53. The fraction of sp³-hybridized carbons (Fsp3) is 0.192. The molecule has 0 N–H and O–H groups in total. The number of rotatable bonds is 7. The van der Waals surface area contributed by atoms with Gasteiger partial charge in [0.25, 0.3) is 0 Å². The molecule has 2 atom stereocenters. The van der Waals surface area contributed by atoms with E-state index in [0.717, 1.165) is 10.1 Å². The first-order chi connectivity index (χ1) is 16.8. The van der Waals surface area contributed by atoms with Crippen LogP contribution in [0.5, 0.6) is 0 Å². The van der Waals surface area contributed by atoms with Gasteiger partial charge in [0, 0.05) is 18.8 Å². The van der Waals surface area contributed by atoms with Gasteiger partial charge in [-0.3, -0.25) is 24.2 Å². The summed E-state index contributed by atoms with van der Waals surface area (Å²) in [6, 6.07) is 16.9. The third-order valence-electron chi connectivity index (χ3n) is 6.02. The van der Waals surface area contributed by atoms with Crippen LogP contribution in [0.3, 0.4) is 0 Å².